The minimum absolute atomic E-state index is 0.121. The lowest BCUT2D eigenvalue weighted by Crippen LogP contribution is -2.53. The topological polar surface area (TPSA) is 86.7 Å². The fourth-order valence-electron chi connectivity index (χ4n) is 2.32. The maximum atomic E-state index is 12.3. The van der Waals surface area contributed by atoms with Gasteiger partial charge in [0, 0.05) is 18.8 Å². The van der Waals surface area contributed by atoms with Crippen molar-refractivity contribution >= 4 is 21.6 Å². The van der Waals surface area contributed by atoms with Crippen LogP contribution in [0.15, 0.2) is 23.1 Å². The van der Waals surface area contributed by atoms with Crippen molar-refractivity contribution in [3.05, 3.63) is 23.8 Å². The first-order valence-corrected chi connectivity index (χ1v) is 7.46. The lowest BCUT2D eigenvalue weighted by Gasteiger charge is -2.34. The maximum absolute atomic E-state index is 12.3. The normalized spacial score (nSPS) is 23.9. The van der Waals surface area contributed by atoms with Gasteiger partial charge < -0.3 is 10.4 Å². The number of anilines is 1. The van der Waals surface area contributed by atoms with Crippen molar-refractivity contribution in [2.45, 2.75) is 23.8 Å². The van der Waals surface area contributed by atoms with Crippen LogP contribution in [0.3, 0.4) is 0 Å². The predicted octanol–water partition coefficient (Wildman–Crippen LogP) is 0.107. The monoisotopic (exact) mass is 282 g/mol. The van der Waals surface area contributed by atoms with Gasteiger partial charge in [0.2, 0.25) is 15.9 Å². The number of fused-ring (bicyclic) bond motifs is 1. The number of β-amino-alcohol motifs (C(OH)–C–C–N with tert-alkyl or cyclic N) is 1. The fraction of sp³-hybridized carbons (Fsp3) is 0.417. The third kappa shape index (κ3) is 1.85. The highest BCUT2D eigenvalue weighted by Crippen LogP contribution is 2.34. The van der Waals surface area contributed by atoms with Crippen LogP contribution in [0.1, 0.15) is 18.4 Å². The van der Waals surface area contributed by atoms with Crippen LogP contribution < -0.4 is 5.32 Å². The molecule has 2 heterocycles. The molecule has 1 fully saturated rings. The standard InChI is InChI=1S/C12H14N2O4S/c1-7-10-4-9(2-3-11(10)13-12(7)16)19(17,18)14-5-8(15)6-14/h2-4,7-8,15H,5-6H2,1H3,(H,13,16). The molecule has 2 aliphatic rings. The number of aliphatic hydroxyl groups excluding tert-OH is 1. The Morgan fingerprint density at radius 1 is 1.37 bits per heavy atom. The van der Waals surface area contributed by atoms with E-state index in [4.69, 9.17) is 0 Å². The van der Waals surface area contributed by atoms with E-state index < -0.39 is 16.1 Å². The van der Waals surface area contributed by atoms with Crippen LogP contribution in [-0.2, 0) is 14.8 Å². The Kier molecular flexibility index (Phi) is 2.67. The van der Waals surface area contributed by atoms with E-state index in [0.29, 0.717) is 11.3 Å². The first-order chi connectivity index (χ1) is 8.89. The minimum Gasteiger partial charge on any atom is -0.390 e. The molecule has 1 saturated heterocycles. The highest BCUT2D eigenvalue weighted by molar-refractivity contribution is 7.89. The van der Waals surface area contributed by atoms with Crippen molar-refractivity contribution in [2.75, 3.05) is 18.4 Å². The molecule has 1 unspecified atom stereocenters. The Balaban J connectivity index is 1.98. The summed E-state index contributed by atoms with van der Waals surface area (Å²) in [5.74, 6) is -0.462. The molecule has 19 heavy (non-hydrogen) atoms. The summed E-state index contributed by atoms with van der Waals surface area (Å²) in [6.45, 7) is 2.00. The van der Waals surface area contributed by atoms with E-state index in [1.165, 1.54) is 16.4 Å². The molecule has 0 saturated carbocycles. The SMILES string of the molecule is CC1C(=O)Nc2ccc(S(=O)(=O)N3CC(O)C3)cc21. The van der Waals surface area contributed by atoms with E-state index in [1.54, 1.807) is 13.0 Å². The highest BCUT2D eigenvalue weighted by atomic mass is 32.2. The molecule has 0 aromatic heterocycles. The second-order valence-electron chi connectivity index (χ2n) is 4.94. The zero-order valence-electron chi connectivity index (χ0n) is 10.3. The number of nitrogens with zero attached hydrogens (tertiary/aromatic N) is 1. The predicted molar refractivity (Wildman–Crippen MR) is 68.3 cm³/mol. The Hall–Kier alpha value is -1.44. The van der Waals surface area contributed by atoms with E-state index in [9.17, 15) is 18.3 Å². The second kappa shape index (κ2) is 4.03. The number of hydrogen-bond donors (Lipinski definition) is 2. The lowest BCUT2D eigenvalue weighted by atomic mass is 10.0. The summed E-state index contributed by atoms with van der Waals surface area (Å²) in [5.41, 5.74) is 1.37. The van der Waals surface area contributed by atoms with Crippen LogP contribution in [0.25, 0.3) is 0 Å². The van der Waals surface area contributed by atoms with Gasteiger partial charge in [-0.05, 0) is 30.7 Å². The molecular weight excluding hydrogens is 268 g/mol. The molecule has 1 aromatic carbocycles. The summed E-state index contributed by atoms with van der Waals surface area (Å²) >= 11 is 0. The Bertz CT molecular complexity index is 650. The Morgan fingerprint density at radius 2 is 2.05 bits per heavy atom. The van der Waals surface area contributed by atoms with Crippen LogP contribution in [0.5, 0.6) is 0 Å². The molecule has 6 nitrogen and oxygen atoms in total. The third-order valence-electron chi connectivity index (χ3n) is 3.61. The van der Waals surface area contributed by atoms with Gasteiger partial charge in [-0.25, -0.2) is 8.42 Å². The molecule has 2 N–H and O–H groups in total. The largest absolute Gasteiger partial charge is 0.390 e. The molecule has 3 rings (SSSR count). The number of sulfonamides is 1. The third-order valence-corrected chi connectivity index (χ3v) is 5.43. The number of hydrogen-bond acceptors (Lipinski definition) is 4. The molecule has 0 bridgehead atoms. The average molecular weight is 282 g/mol. The van der Waals surface area contributed by atoms with Gasteiger partial charge in [-0.2, -0.15) is 4.31 Å². The zero-order valence-corrected chi connectivity index (χ0v) is 11.1. The number of aliphatic hydroxyl groups is 1. The lowest BCUT2D eigenvalue weighted by molar-refractivity contribution is -0.116. The first kappa shape index (κ1) is 12.6. The number of benzene rings is 1. The smallest absolute Gasteiger partial charge is 0.243 e. The quantitative estimate of drug-likeness (QED) is 0.806. The molecule has 2 aliphatic heterocycles. The molecule has 0 radical (unpaired) electrons. The summed E-state index contributed by atoms with van der Waals surface area (Å²) < 4.78 is 25.7. The van der Waals surface area contributed by atoms with E-state index in [0.717, 1.165) is 0 Å². The second-order valence-corrected chi connectivity index (χ2v) is 6.87. The molecule has 1 amide bonds. The van der Waals surface area contributed by atoms with Crippen LogP contribution in [-0.4, -0.2) is 42.9 Å². The van der Waals surface area contributed by atoms with Crippen LogP contribution in [0, 0.1) is 0 Å². The van der Waals surface area contributed by atoms with Crippen LogP contribution in [0.2, 0.25) is 0 Å². The van der Waals surface area contributed by atoms with E-state index >= 15 is 0 Å². The summed E-state index contributed by atoms with van der Waals surface area (Å²) in [4.78, 5) is 11.7. The Labute approximate surface area is 111 Å². The first-order valence-electron chi connectivity index (χ1n) is 6.02. The van der Waals surface area contributed by atoms with Gasteiger partial charge in [-0.3, -0.25) is 4.79 Å². The van der Waals surface area contributed by atoms with Crippen molar-refractivity contribution in [3.8, 4) is 0 Å². The summed E-state index contributed by atoms with van der Waals surface area (Å²) in [6.07, 6.45) is -0.577. The summed E-state index contributed by atoms with van der Waals surface area (Å²) in [6, 6.07) is 4.63. The van der Waals surface area contributed by atoms with Gasteiger partial charge in [0.1, 0.15) is 0 Å². The van der Waals surface area contributed by atoms with Gasteiger partial charge in [-0.1, -0.05) is 0 Å². The van der Waals surface area contributed by atoms with Gasteiger partial charge in [0.15, 0.2) is 0 Å². The van der Waals surface area contributed by atoms with E-state index in [2.05, 4.69) is 5.32 Å². The molecule has 1 atom stereocenters. The fourth-order valence-corrected chi connectivity index (χ4v) is 3.87. The molecule has 102 valence electrons. The molecule has 0 aliphatic carbocycles. The number of carbonyl (C=O) groups is 1. The van der Waals surface area contributed by atoms with Gasteiger partial charge in [0.05, 0.1) is 16.9 Å². The molecular formula is C12H14N2O4S. The number of carbonyl (C=O) groups excluding carboxylic acids is 1. The van der Waals surface area contributed by atoms with Gasteiger partial charge in [-0.15, -0.1) is 0 Å². The summed E-state index contributed by atoms with van der Waals surface area (Å²) in [5, 5.41) is 11.9. The van der Waals surface area contributed by atoms with Gasteiger partial charge >= 0.3 is 0 Å². The molecule has 0 spiro atoms. The Morgan fingerprint density at radius 3 is 2.68 bits per heavy atom. The zero-order chi connectivity index (χ0) is 13.8. The molecule has 1 aromatic rings. The van der Waals surface area contributed by atoms with Crippen molar-refractivity contribution in [1.82, 2.24) is 4.31 Å². The minimum atomic E-state index is -3.56. The number of rotatable bonds is 2. The molecule has 7 heteroatoms. The summed E-state index contributed by atoms with van der Waals surface area (Å²) in [7, 11) is -3.56. The van der Waals surface area contributed by atoms with E-state index in [1.807, 2.05) is 0 Å². The van der Waals surface area contributed by atoms with E-state index in [-0.39, 0.29) is 29.8 Å². The highest BCUT2D eigenvalue weighted by Gasteiger charge is 2.36. The van der Waals surface area contributed by atoms with Crippen LogP contribution >= 0.6 is 0 Å². The van der Waals surface area contributed by atoms with Gasteiger partial charge in [0.25, 0.3) is 0 Å². The maximum Gasteiger partial charge on any atom is 0.243 e. The van der Waals surface area contributed by atoms with Crippen molar-refractivity contribution in [1.29, 1.82) is 0 Å². The van der Waals surface area contributed by atoms with Crippen molar-refractivity contribution < 1.29 is 18.3 Å². The number of amides is 1. The number of nitrogens with one attached hydrogen (secondary N) is 1. The van der Waals surface area contributed by atoms with Crippen molar-refractivity contribution in [3.63, 3.8) is 0 Å². The van der Waals surface area contributed by atoms with Crippen molar-refractivity contribution in [2.24, 2.45) is 0 Å². The van der Waals surface area contributed by atoms with Crippen LogP contribution in [0.4, 0.5) is 5.69 Å². The average Bonchev–Trinajstić information content (AvgIpc) is 2.61.